The number of hydrogen-bond acceptors (Lipinski definition) is 6. The predicted molar refractivity (Wildman–Crippen MR) is 106 cm³/mol. The van der Waals surface area contributed by atoms with E-state index in [0.717, 1.165) is 5.56 Å². The van der Waals surface area contributed by atoms with Gasteiger partial charge < -0.3 is 14.8 Å². The number of hydrogen-bond donors (Lipinski definition) is 1. The summed E-state index contributed by atoms with van der Waals surface area (Å²) in [5.41, 5.74) is 1.06. The van der Waals surface area contributed by atoms with Crippen LogP contribution in [0.1, 0.15) is 5.56 Å². The highest BCUT2D eigenvalue weighted by molar-refractivity contribution is 5.77. The first-order valence-electron chi connectivity index (χ1n) is 8.91. The Balaban J connectivity index is 1.52. The first-order chi connectivity index (χ1) is 14.1. The van der Waals surface area contributed by atoms with Gasteiger partial charge in [0, 0.05) is 31.1 Å². The number of aromatic nitrogens is 1. The topological polar surface area (TPSA) is 104 Å². The van der Waals surface area contributed by atoms with Gasteiger partial charge in [-0.15, -0.1) is 0 Å². The second-order valence-electron chi connectivity index (χ2n) is 6.04. The molecule has 0 saturated heterocycles. The standard InChI is InChI=1S/C21H19N3O5/c25-21(23-14-11-16-9-12-22-13-10-16)15-28-19-3-1-2-4-20(19)29-18-7-5-17(6-8-18)24(26)27/h1-10,12-13H,11,14-15H2,(H,23,25). The van der Waals surface area contributed by atoms with Gasteiger partial charge in [-0.3, -0.25) is 19.9 Å². The van der Waals surface area contributed by atoms with E-state index >= 15 is 0 Å². The molecule has 0 radical (unpaired) electrons. The monoisotopic (exact) mass is 393 g/mol. The van der Waals surface area contributed by atoms with Gasteiger partial charge in [0.2, 0.25) is 0 Å². The summed E-state index contributed by atoms with van der Waals surface area (Å²) in [5, 5.41) is 13.5. The van der Waals surface area contributed by atoms with Gasteiger partial charge in [-0.05, 0) is 48.4 Å². The highest BCUT2D eigenvalue weighted by Gasteiger charge is 2.10. The number of nitro groups is 1. The second-order valence-corrected chi connectivity index (χ2v) is 6.04. The van der Waals surface area contributed by atoms with Crippen molar-refractivity contribution in [3.05, 3.63) is 88.7 Å². The van der Waals surface area contributed by atoms with Crippen LogP contribution in [-0.4, -0.2) is 29.0 Å². The fourth-order valence-electron chi connectivity index (χ4n) is 2.51. The SMILES string of the molecule is O=C(COc1ccccc1Oc1ccc([N+](=O)[O-])cc1)NCCc1ccncc1. The number of rotatable bonds is 9. The van der Waals surface area contributed by atoms with Crippen LogP contribution in [0.15, 0.2) is 73.1 Å². The minimum absolute atomic E-state index is 0.0229. The minimum atomic E-state index is -0.478. The maximum atomic E-state index is 12.0. The maximum absolute atomic E-state index is 12.0. The van der Waals surface area contributed by atoms with Crippen molar-refractivity contribution in [3.63, 3.8) is 0 Å². The van der Waals surface area contributed by atoms with Gasteiger partial charge >= 0.3 is 0 Å². The molecular formula is C21H19N3O5. The molecule has 3 aromatic rings. The van der Waals surface area contributed by atoms with E-state index in [1.807, 2.05) is 12.1 Å². The molecule has 1 N–H and O–H groups in total. The molecule has 0 spiro atoms. The van der Waals surface area contributed by atoms with Gasteiger partial charge in [0.1, 0.15) is 5.75 Å². The summed E-state index contributed by atoms with van der Waals surface area (Å²) in [7, 11) is 0. The molecule has 29 heavy (non-hydrogen) atoms. The van der Waals surface area contributed by atoms with Gasteiger partial charge in [-0.1, -0.05) is 12.1 Å². The summed E-state index contributed by atoms with van der Waals surface area (Å²) >= 11 is 0. The third-order valence-corrected chi connectivity index (χ3v) is 3.97. The van der Waals surface area contributed by atoms with Crippen molar-refractivity contribution in [3.8, 4) is 17.2 Å². The van der Waals surface area contributed by atoms with E-state index in [-0.39, 0.29) is 18.2 Å². The summed E-state index contributed by atoms with van der Waals surface area (Å²) in [6.07, 6.45) is 4.12. The Morgan fingerprint density at radius 1 is 1.00 bits per heavy atom. The Kier molecular flexibility index (Phi) is 6.72. The molecule has 0 aliphatic rings. The van der Waals surface area contributed by atoms with Crippen molar-refractivity contribution in [2.75, 3.05) is 13.2 Å². The number of benzene rings is 2. The third-order valence-electron chi connectivity index (χ3n) is 3.97. The molecule has 0 fully saturated rings. The highest BCUT2D eigenvalue weighted by atomic mass is 16.6. The number of para-hydroxylation sites is 2. The van der Waals surface area contributed by atoms with Crippen LogP contribution in [0.3, 0.4) is 0 Å². The number of carbonyl (C=O) groups excluding carboxylic acids is 1. The molecule has 0 aliphatic carbocycles. The zero-order chi connectivity index (χ0) is 20.5. The Hall–Kier alpha value is -3.94. The summed E-state index contributed by atoms with van der Waals surface area (Å²) in [6.45, 7) is 0.337. The normalized spacial score (nSPS) is 10.2. The lowest BCUT2D eigenvalue weighted by Crippen LogP contribution is -2.30. The van der Waals surface area contributed by atoms with E-state index in [1.54, 1.807) is 36.7 Å². The van der Waals surface area contributed by atoms with Crippen LogP contribution >= 0.6 is 0 Å². The molecule has 2 aromatic carbocycles. The van der Waals surface area contributed by atoms with Crippen molar-refractivity contribution in [1.29, 1.82) is 0 Å². The maximum Gasteiger partial charge on any atom is 0.269 e. The zero-order valence-corrected chi connectivity index (χ0v) is 15.5. The van der Waals surface area contributed by atoms with Gasteiger partial charge in [0.25, 0.3) is 11.6 Å². The molecule has 3 rings (SSSR count). The summed E-state index contributed by atoms with van der Waals surface area (Å²) in [5.74, 6) is 0.985. The Morgan fingerprint density at radius 3 is 2.38 bits per heavy atom. The Morgan fingerprint density at radius 2 is 1.69 bits per heavy atom. The minimum Gasteiger partial charge on any atom is -0.480 e. The van der Waals surface area contributed by atoms with Crippen molar-refractivity contribution < 1.29 is 19.2 Å². The molecule has 1 heterocycles. The van der Waals surface area contributed by atoms with Crippen molar-refractivity contribution in [1.82, 2.24) is 10.3 Å². The van der Waals surface area contributed by atoms with Crippen molar-refractivity contribution in [2.24, 2.45) is 0 Å². The van der Waals surface area contributed by atoms with Crippen LogP contribution in [-0.2, 0) is 11.2 Å². The van der Waals surface area contributed by atoms with Crippen LogP contribution < -0.4 is 14.8 Å². The van der Waals surface area contributed by atoms with Crippen LogP contribution in [0.4, 0.5) is 5.69 Å². The number of nitrogens with zero attached hydrogens (tertiary/aromatic N) is 2. The molecule has 8 nitrogen and oxygen atoms in total. The lowest BCUT2D eigenvalue weighted by molar-refractivity contribution is -0.384. The van der Waals surface area contributed by atoms with Crippen LogP contribution in [0.2, 0.25) is 0 Å². The third kappa shape index (κ3) is 6.03. The number of pyridine rings is 1. The number of nitro benzene ring substituents is 1. The molecule has 8 heteroatoms. The van der Waals surface area contributed by atoms with Gasteiger partial charge in [-0.25, -0.2) is 0 Å². The molecule has 0 unspecified atom stereocenters. The zero-order valence-electron chi connectivity index (χ0n) is 15.5. The molecular weight excluding hydrogens is 374 g/mol. The first kappa shape index (κ1) is 19.8. The number of carbonyl (C=O) groups is 1. The smallest absolute Gasteiger partial charge is 0.269 e. The van der Waals surface area contributed by atoms with Gasteiger partial charge in [-0.2, -0.15) is 0 Å². The summed E-state index contributed by atoms with van der Waals surface area (Å²) < 4.78 is 11.3. The van der Waals surface area contributed by atoms with E-state index in [4.69, 9.17) is 9.47 Å². The quantitative estimate of drug-likeness (QED) is 0.441. The molecule has 0 aliphatic heterocycles. The van der Waals surface area contributed by atoms with E-state index in [0.29, 0.717) is 30.2 Å². The number of non-ortho nitro benzene ring substituents is 1. The van der Waals surface area contributed by atoms with Crippen LogP contribution in [0.25, 0.3) is 0 Å². The van der Waals surface area contributed by atoms with E-state index in [1.165, 1.54) is 24.3 Å². The number of ether oxygens (including phenoxy) is 2. The molecule has 0 saturated carbocycles. The molecule has 1 amide bonds. The van der Waals surface area contributed by atoms with Gasteiger partial charge in [0.05, 0.1) is 4.92 Å². The fourth-order valence-corrected chi connectivity index (χ4v) is 2.51. The molecule has 148 valence electrons. The number of amides is 1. The number of nitrogens with one attached hydrogen (secondary N) is 1. The lowest BCUT2D eigenvalue weighted by Gasteiger charge is -2.12. The average molecular weight is 393 g/mol. The Labute approximate surface area is 167 Å². The lowest BCUT2D eigenvalue weighted by atomic mass is 10.2. The van der Waals surface area contributed by atoms with Gasteiger partial charge in [0.15, 0.2) is 18.1 Å². The molecule has 0 bridgehead atoms. The second kappa shape index (κ2) is 9.84. The van der Waals surface area contributed by atoms with Crippen LogP contribution in [0.5, 0.6) is 17.2 Å². The van der Waals surface area contributed by atoms with E-state index in [2.05, 4.69) is 10.3 Å². The molecule has 0 atom stereocenters. The Bertz CT molecular complexity index is 962. The van der Waals surface area contributed by atoms with Crippen molar-refractivity contribution >= 4 is 11.6 Å². The summed E-state index contributed by atoms with van der Waals surface area (Å²) in [4.78, 5) is 26.2. The molecule has 1 aromatic heterocycles. The largest absolute Gasteiger partial charge is 0.480 e. The average Bonchev–Trinajstić information content (AvgIpc) is 2.74. The van der Waals surface area contributed by atoms with Crippen LogP contribution in [0, 0.1) is 10.1 Å². The first-order valence-corrected chi connectivity index (χ1v) is 8.91. The highest BCUT2D eigenvalue weighted by Crippen LogP contribution is 2.31. The summed E-state index contributed by atoms with van der Waals surface area (Å²) in [6, 6.07) is 16.4. The fraction of sp³-hybridized carbons (Fsp3) is 0.143. The predicted octanol–water partition coefficient (Wildman–Crippen LogP) is 3.52. The van der Waals surface area contributed by atoms with E-state index in [9.17, 15) is 14.9 Å². The van der Waals surface area contributed by atoms with Crippen molar-refractivity contribution in [2.45, 2.75) is 6.42 Å². The van der Waals surface area contributed by atoms with E-state index < -0.39 is 4.92 Å².